The SMILES string of the molecule is c1ccc(-c2ccc3oc4ccc(-c5cc6c(o5)C5(c7ccccc7Oc7ccccc75)c5cc(-c7ccc8oc9ccc(-c%10ccccc%10)cc9c8c7)oc5C65c6ccccc6Oc6ccccc65)cc4c3c2)cc1. The van der Waals surface area contributed by atoms with Gasteiger partial charge in [-0.05, 0) is 119 Å². The maximum Gasteiger partial charge on any atom is 0.135 e. The van der Waals surface area contributed by atoms with E-state index in [0.29, 0.717) is 11.5 Å². The molecule has 6 nitrogen and oxygen atoms in total. The Morgan fingerprint density at radius 1 is 0.224 bits per heavy atom. The molecular weight excluding hydrogens is 937 g/mol. The van der Waals surface area contributed by atoms with E-state index in [9.17, 15) is 0 Å². The van der Waals surface area contributed by atoms with Crippen molar-refractivity contribution in [2.75, 3.05) is 0 Å². The van der Waals surface area contributed by atoms with E-state index in [1.807, 2.05) is 36.4 Å². The molecule has 0 fully saturated rings. The molecule has 2 spiro atoms. The second-order valence-corrected chi connectivity index (χ2v) is 20.2. The van der Waals surface area contributed by atoms with Crippen molar-refractivity contribution < 1.29 is 27.1 Å². The Balaban J connectivity index is 0.969. The summed E-state index contributed by atoms with van der Waals surface area (Å²) in [4.78, 5) is 0. The zero-order chi connectivity index (χ0) is 49.7. The highest BCUT2D eigenvalue weighted by Gasteiger charge is 2.63. The van der Waals surface area contributed by atoms with Crippen molar-refractivity contribution >= 4 is 43.9 Å². The van der Waals surface area contributed by atoms with E-state index in [1.54, 1.807) is 0 Å². The fourth-order valence-corrected chi connectivity index (χ4v) is 13.0. The number of benzene rings is 10. The zero-order valence-corrected chi connectivity index (χ0v) is 40.5. The van der Waals surface area contributed by atoms with Gasteiger partial charge in [0.05, 0.1) is 0 Å². The van der Waals surface area contributed by atoms with E-state index in [2.05, 4.69) is 206 Å². The molecule has 0 atom stereocenters. The van der Waals surface area contributed by atoms with Crippen molar-refractivity contribution in [2.24, 2.45) is 0 Å². The molecule has 10 aromatic carbocycles. The lowest BCUT2D eigenvalue weighted by molar-refractivity contribution is 0.353. The van der Waals surface area contributed by atoms with Crippen LogP contribution in [-0.2, 0) is 10.8 Å². The van der Waals surface area contributed by atoms with Gasteiger partial charge in [0.1, 0.15) is 79.2 Å². The Hall–Kier alpha value is -10.0. The second-order valence-electron chi connectivity index (χ2n) is 20.2. The average Bonchev–Trinajstić information content (AvgIpc) is 4.34. The summed E-state index contributed by atoms with van der Waals surface area (Å²) >= 11 is 0. The van der Waals surface area contributed by atoms with Crippen LogP contribution in [0.5, 0.6) is 23.0 Å². The topological polar surface area (TPSA) is 71.0 Å². The third-order valence-electron chi connectivity index (χ3n) is 16.3. The van der Waals surface area contributed by atoms with Crippen molar-refractivity contribution in [3.05, 3.63) is 288 Å². The molecule has 4 aromatic heterocycles. The van der Waals surface area contributed by atoms with Crippen molar-refractivity contribution in [3.63, 3.8) is 0 Å². The maximum atomic E-state index is 7.82. The van der Waals surface area contributed by atoms with Gasteiger partial charge in [-0.2, -0.15) is 0 Å². The summed E-state index contributed by atoms with van der Waals surface area (Å²) in [6, 6.07) is 84.6. The first kappa shape index (κ1) is 41.4. The number of ether oxygens (including phenoxy) is 2. The number of rotatable bonds is 4. The lowest BCUT2D eigenvalue weighted by Crippen LogP contribution is -2.46. The molecule has 356 valence electrons. The highest BCUT2D eigenvalue weighted by atomic mass is 16.5. The smallest absolute Gasteiger partial charge is 0.135 e. The molecule has 0 saturated heterocycles. The summed E-state index contributed by atoms with van der Waals surface area (Å²) in [6.45, 7) is 0. The van der Waals surface area contributed by atoms with E-state index in [4.69, 9.17) is 27.1 Å². The van der Waals surface area contributed by atoms with Gasteiger partial charge in [-0.15, -0.1) is 0 Å². The maximum absolute atomic E-state index is 7.82. The van der Waals surface area contributed by atoms with Gasteiger partial charge >= 0.3 is 0 Å². The molecule has 6 heterocycles. The Bertz CT molecular complexity index is 4280. The van der Waals surface area contributed by atoms with E-state index < -0.39 is 10.8 Å². The third kappa shape index (κ3) is 5.54. The van der Waals surface area contributed by atoms with E-state index in [1.165, 1.54) is 0 Å². The van der Waals surface area contributed by atoms with Crippen LogP contribution < -0.4 is 9.47 Å². The summed E-state index contributed by atoms with van der Waals surface area (Å²) in [5, 5.41) is 4.07. The number of para-hydroxylation sites is 4. The molecule has 14 aromatic rings. The quantitative estimate of drug-likeness (QED) is 0.175. The first-order chi connectivity index (χ1) is 37.6. The van der Waals surface area contributed by atoms with Crippen LogP contribution in [0.15, 0.2) is 260 Å². The van der Waals surface area contributed by atoms with Crippen molar-refractivity contribution in [1.29, 1.82) is 0 Å². The number of hydrogen-bond acceptors (Lipinski definition) is 6. The minimum absolute atomic E-state index is 0.708. The van der Waals surface area contributed by atoms with Crippen LogP contribution in [0.3, 0.4) is 0 Å². The summed E-state index contributed by atoms with van der Waals surface area (Å²) in [7, 11) is 0. The predicted octanol–water partition coefficient (Wildman–Crippen LogP) is 18.6. The Labute approximate surface area is 435 Å². The lowest BCUT2D eigenvalue weighted by Gasteiger charge is -2.48. The monoisotopic (exact) mass is 976 g/mol. The molecular formula is C70H40O6. The summed E-state index contributed by atoms with van der Waals surface area (Å²) in [5.41, 5.74) is 13.1. The highest BCUT2D eigenvalue weighted by Crippen LogP contribution is 2.68. The summed E-state index contributed by atoms with van der Waals surface area (Å²) in [5.74, 6) is 5.91. The fourth-order valence-electron chi connectivity index (χ4n) is 13.0. The van der Waals surface area contributed by atoms with Gasteiger partial charge in [0.15, 0.2) is 0 Å². The fraction of sp³-hybridized carbons (Fsp3) is 0.0286. The Kier molecular flexibility index (Phi) is 8.32. The number of furan rings is 4. The van der Waals surface area contributed by atoms with Crippen LogP contribution in [0.2, 0.25) is 0 Å². The largest absolute Gasteiger partial charge is 0.459 e. The predicted molar refractivity (Wildman–Crippen MR) is 298 cm³/mol. The van der Waals surface area contributed by atoms with Gasteiger partial charge in [-0.3, -0.25) is 0 Å². The lowest BCUT2D eigenvalue weighted by atomic mass is 9.53. The third-order valence-corrected chi connectivity index (χ3v) is 16.3. The Morgan fingerprint density at radius 3 is 0.882 bits per heavy atom. The van der Waals surface area contributed by atoms with Crippen LogP contribution in [0, 0.1) is 0 Å². The molecule has 0 radical (unpaired) electrons. The van der Waals surface area contributed by atoms with Crippen LogP contribution in [0.1, 0.15) is 44.9 Å². The molecule has 17 rings (SSSR count). The van der Waals surface area contributed by atoms with Crippen molar-refractivity contribution in [3.8, 4) is 67.9 Å². The molecule has 2 aliphatic heterocycles. The van der Waals surface area contributed by atoms with Crippen LogP contribution in [0.25, 0.3) is 88.8 Å². The van der Waals surface area contributed by atoms with Crippen LogP contribution >= 0.6 is 0 Å². The van der Waals surface area contributed by atoms with Gasteiger partial charge in [-0.25, -0.2) is 0 Å². The summed E-state index contributed by atoms with van der Waals surface area (Å²) in [6.07, 6.45) is 0. The van der Waals surface area contributed by atoms with Crippen molar-refractivity contribution in [1.82, 2.24) is 0 Å². The molecule has 76 heavy (non-hydrogen) atoms. The average molecular weight is 977 g/mol. The molecule has 0 N–H and O–H groups in total. The second kappa shape index (κ2) is 15.3. The molecule has 1 aliphatic carbocycles. The standard InChI is InChI=1S/C70H40O6/c1-3-15-41(16-4-1)43-27-31-57-47(35-43)49-37-45(29-33-59(49)71-57)65-39-55-67(75-65)70(53-21-9-13-25-63(53)74-64-26-14-10-22-54(64)70)56-40-66(76-68(56)69(55)51-19-7-11-23-61(51)73-62-24-12-8-20-52(62)69)46-30-34-60-50(38-46)48-36-44(28-32-58(48)72-60)42-17-5-2-6-18-42/h1-40H. The molecule has 6 heteroatoms. The molecule has 0 unspecified atom stereocenters. The van der Waals surface area contributed by atoms with E-state index >= 15 is 0 Å². The first-order valence-electron chi connectivity index (χ1n) is 25.7. The Morgan fingerprint density at radius 2 is 0.526 bits per heavy atom. The van der Waals surface area contributed by atoms with Crippen molar-refractivity contribution in [2.45, 2.75) is 10.8 Å². The van der Waals surface area contributed by atoms with Gasteiger partial charge in [0.2, 0.25) is 0 Å². The van der Waals surface area contributed by atoms with E-state index in [-0.39, 0.29) is 0 Å². The first-order valence-corrected chi connectivity index (χ1v) is 25.7. The minimum atomic E-state index is -1.07. The van der Waals surface area contributed by atoms with Crippen LogP contribution in [-0.4, -0.2) is 0 Å². The summed E-state index contributed by atoms with van der Waals surface area (Å²) < 4.78 is 42.5. The van der Waals surface area contributed by atoms with Gasteiger partial charge in [-0.1, -0.05) is 146 Å². The van der Waals surface area contributed by atoms with E-state index in [0.717, 1.165) is 145 Å². The zero-order valence-electron chi connectivity index (χ0n) is 40.5. The van der Waals surface area contributed by atoms with Gasteiger partial charge in [0.25, 0.3) is 0 Å². The normalized spacial score (nSPS) is 14.2. The minimum Gasteiger partial charge on any atom is -0.459 e. The highest BCUT2D eigenvalue weighted by molar-refractivity contribution is 6.09. The molecule has 0 saturated carbocycles. The van der Waals surface area contributed by atoms with Gasteiger partial charge < -0.3 is 27.1 Å². The molecule has 0 amide bonds. The van der Waals surface area contributed by atoms with Crippen LogP contribution in [0.4, 0.5) is 0 Å². The van der Waals surface area contributed by atoms with Gasteiger partial charge in [0, 0.05) is 66.1 Å². The number of hydrogen-bond donors (Lipinski definition) is 0. The molecule has 3 aliphatic rings. The molecule has 0 bridgehead atoms. The number of fused-ring (bicyclic) bond motifs is 20.